The Labute approximate surface area is 152 Å². The topological polar surface area (TPSA) is 58.2 Å². The van der Waals surface area contributed by atoms with Gasteiger partial charge in [-0.05, 0) is 34.9 Å². The van der Waals surface area contributed by atoms with Crippen LogP contribution in [0.5, 0.6) is 0 Å². The van der Waals surface area contributed by atoms with Gasteiger partial charge in [-0.25, -0.2) is 0 Å². The molecule has 0 radical (unpaired) electrons. The van der Waals surface area contributed by atoms with Crippen LogP contribution < -0.4 is 10.9 Å². The van der Waals surface area contributed by atoms with Gasteiger partial charge in [0.2, 0.25) is 0 Å². The highest BCUT2D eigenvalue weighted by atomic mass is 16.2. The Balaban J connectivity index is 1.55. The summed E-state index contributed by atoms with van der Waals surface area (Å²) in [5, 5.41) is 0. The molecule has 0 bridgehead atoms. The summed E-state index contributed by atoms with van der Waals surface area (Å²) >= 11 is 0. The van der Waals surface area contributed by atoms with Crippen LogP contribution in [0.2, 0.25) is 0 Å². The molecule has 4 heteroatoms. The molecule has 3 aromatic carbocycles. The Kier molecular flexibility index (Phi) is 5.58. The molecule has 0 atom stereocenters. The number of carbonyl (C=O) groups excluding carboxylic acids is 2. The monoisotopic (exact) mass is 342 g/mol. The van der Waals surface area contributed by atoms with E-state index >= 15 is 0 Å². The van der Waals surface area contributed by atoms with E-state index in [0.29, 0.717) is 5.56 Å². The Morgan fingerprint density at radius 3 is 1.88 bits per heavy atom. The molecule has 0 aliphatic carbocycles. The fourth-order valence-electron chi connectivity index (χ4n) is 2.41. The fourth-order valence-corrected chi connectivity index (χ4v) is 2.41. The summed E-state index contributed by atoms with van der Waals surface area (Å²) in [5.74, 6) is -0.769. The summed E-state index contributed by atoms with van der Waals surface area (Å²) in [6.45, 7) is 0. The maximum Gasteiger partial charge on any atom is 0.269 e. The zero-order valence-corrected chi connectivity index (χ0v) is 14.1. The fraction of sp³-hybridized carbons (Fsp3) is 0. The number of carbonyl (C=O) groups is 2. The molecule has 0 unspecified atom stereocenters. The summed E-state index contributed by atoms with van der Waals surface area (Å²) in [7, 11) is 0. The van der Waals surface area contributed by atoms with Gasteiger partial charge in [-0.1, -0.05) is 72.8 Å². The summed E-state index contributed by atoms with van der Waals surface area (Å²) in [6.07, 6.45) is 3.05. The van der Waals surface area contributed by atoms with Crippen LogP contribution in [0.1, 0.15) is 15.9 Å². The van der Waals surface area contributed by atoms with Gasteiger partial charge in [0.1, 0.15) is 0 Å². The van der Waals surface area contributed by atoms with Crippen LogP contribution in [0.15, 0.2) is 91.0 Å². The molecule has 0 spiro atoms. The first-order valence-corrected chi connectivity index (χ1v) is 8.21. The van der Waals surface area contributed by atoms with Crippen molar-refractivity contribution in [1.29, 1.82) is 0 Å². The predicted molar refractivity (Wildman–Crippen MR) is 103 cm³/mol. The SMILES string of the molecule is O=C(/C=C\c1ccccc1)NNC(=O)c1ccc(-c2ccccc2)cc1. The largest absolute Gasteiger partial charge is 0.269 e. The molecular weight excluding hydrogens is 324 g/mol. The highest BCUT2D eigenvalue weighted by molar-refractivity contribution is 5.98. The third-order valence-corrected chi connectivity index (χ3v) is 3.78. The van der Waals surface area contributed by atoms with Crippen LogP contribution in [0, 0.1) is 0 Å². The maximum absolute atomic E-state index is 12.1. The summed E-state index contributed by atoms with van der Waals surface area (Å²) in [5.41, 5.74) is 8.26. The van der Waals surface area contributed by atoms with Crippen LogP contribution in [-0.2, 0) is 4.79 Å². The lowest BCUT2D eigenvalue weighted by atomic mass is 10.0. The minimum Gasteiger partial charge on any atom is -0.268 e. The van der Waals surface area contributed by atoms with Crippen molar-refractivity contribution < 1.29 is 9.59 Å². The number of hydrazine groups is 1. The zero-order valence-electron chi connectivity index (χ0n) is 14.1. The summed E-state index contributed by atoms with van der Waals surface area (Å²) < 4.78 is 0. The molecule has 3 rings (SSSR count). The molecule has 2 N–H and O–H groups in total. The van der Waals surface area contributed by atoms with E-state index in [1.807, 2.05) is 72.8 Å². The first-order valence-electron chi connectivity index (χ1n) is 8.21. The minimum absolute atomic E-state index is 0.369. The molecular formula is C22H18N2O2. The Morgan fingerprint density at radius 2 is 1.23 bits per heavy atom. The van der Waals surface area contributed by atoms with Gasteiger partial charge in [0, 0.05) is 11.6 Å². The Hall–Kier alpha value is -3.66. The normalized spacial score (nSPS) is 10.5. The molecule has 0 fully saturated rings. The number of hydrogen-bond donors (Lipinski definition) is 2. The average molecular weight is 342 g/mol. The summed E-state index contributed by atoms with van der Waals surface area (Å²) in [6, 6.07) is 26.6. The van der Waals surface area contributed by atoms with Gasteiger partial charge in [0.05, 0.1) is 0 Å². The van der Waals surface area contributed by atoms with Gasteiger partial charge < -0.3 is 0 Å². The van der Waals surface area contributed by atoms with Crippen LogP contribution in [0.25, 0.3) is 17.2 Å². The third-order valence-electron chi connectivity index (χ3n) is 3.78. The van der Waals surface area contributed by atoms with Gasteiger partial charge >= 0.3 is 0 Å². The zero-order chi connectivity index (χ0) is 18.2. The van der Waals surface area contributed by atoms with Crippen LogP contribution in [-0.4, -0.2) is 11.8 Å². The van der Waals surface area contributed by atoms with Gasteiger partial charge in [-0.3, -0.25) is 20.4 Å². The number of rotatable bonds is 4. The lowest BCUT2D eigenvalue weighted by molar-refractivity contribution is -0.117. The molecule has 2 amide bonds. The lowest BCUT2D eigenvalue weighted by Gasteiger charge is -2.06. The molecule has 0 saturated heterocycles. The summed E-state index contributed by atoms with van der Waals surface area (Å²) in [4.78, 5) is 23.9. The van der Waals surface area contributed by atoms with Crippen molar-refractivity contribution in [3.8, 4) is 11.1 Å². The number of nitrogens with one attached hydrogen (secondary N) is 2. The van der Waals surface area contributed by atoms with Gasteiger partial charge in [-0.15, -0.1) is 0 Å². The molecule has 0 aliphatic rings. The Morgan fingerprint density at radius 1 is 0.654 bits per heavy atom. The molecule has 0 aromatic heterocycles. The second kappa shape index (κ2) is 8.44. The van der Waals surface area contributed by atoms with Crippen LogP contribution >= 0.6 is 0 Å². The molecule has 3 aromatic rings. The molecule has 0 heterocycles. The maximum atomic E-state index is 12.1. The van der Waals surface area contributed by atoms with E-state index in [1.165, 1.54) is 6.08 Å². The van der Waals surface area contributed by atoms with E-state index in [0.717, 1.165) is 16.7 Å². The van der Waals surface area contributed by atoms with Crippen LogP contribution in [0.3, 0.4) is 0 Å². The van der Waals surface area contributed by atoms with Gasteiger partial charge in [-0.2, -0.15) is 0 Å². The van der Waals surface area contributed by atoms with Gasteiger partial charge in [0.15, 0.2) is 0 Å². The highest BCUT2D eigenvalue weighted by Crippen LogP contribution is 2.19. The molecule has 26 heavy (non-hydrogen) atoms. The second-order valence-corrected chi connectivity index (χ2v) is 5.63. The molecule has 0 saturated carbocycles. The third kappa shape index (κ3) is 4.68. The molecule has 4 nitrogen and oxygen atoms in total. The van der Waals surface area contributed by atoms with Crippen molar-refractivity contribution in [3.63, 3.8) is 0 Å². The van der Waals surface area contributed by atoms with E-state index in [-0.39, 0.29) is 5.91 Å². The number of benzene rings is 3. The van der Waals surface area contributed by atoms with E-state index in [1.54, 1.807) is 18.2 Å². The molecule has 0 aliphatic heterocycles. The minimum atomic E-state index is -0.400. The van der Waals surface area contributed by atoms with Crippen molar-refractivity contribution in [1.82, 2.24) is 10.9 Å². The predicted octanol–water partition coefficient (Wildman–Crippen LogP) is 3.83. The van der Waals surface area contributed by atoms with Crippen molar-refractivity contribution in [3.05, 3.63) is 102 Å². The van der Waals surface area contributed by atoms with Crippen molar-refractivity contribution in [2.24, 2.45) is 0 Å². The van der Waals surface area contributed by atoms with E-state index in [2.05, 4.69) is 10.9 Å². The van der Waals surface area contributed by atoms with E-state index < -0.39 is 5.91 Å². The molecule has 128 valence electrons. The first kappa shape index (κ1) is 17.2. The van der Waals surface area contributed by atoms with Crippen LogP contribution in [0.4, 0.5) is 0 Å². The number of amides is 2. The van der Waals surface area contributed by atoms with Crippen molar-refractivity contribution in [2.75, 3.05) is 0 Å². The van der Waals surface area contributed by atoms with E-state index in [9.17, 15) is 9.59 Å². The van der Waals surface area contributed by atoms with Gasteiger partial charge in [0.25, 0.3) is 11.8 Å². The standard InChI is InChI=1S/C22H18N2O2/c25-21(16-11-17-7-3-1-4-8-17)23-24-22(26)20-14-12-19(13-15-20)18-9-5-2-6-10-18/h1-16H,(H,23,25)(H,24,26)/b16-11-. The van der Waals surface area contributed by atoms with E-state index in [4.69, 9.17) is 0 Å². The Bertz CT molecular complexity index is 902. The second-order valence-electron chi connectivity index (χ2n) is 5.63. The van der Waals surface area contributed by atoms with Crippen molar-refractivity contribution >= 4 is 17.9 Å². The first-order chi connectivity index (χ1) is 12.7. The number of hydrogen-bond acceptors (Lipinski definition) is 2. The quantitative estimate of drug-likeness (QED) is 0.559. The smallest absolute Gasteiger partial charge is 0.268 e. The average Bonchev–Trinajstić information content (AvgIpc) is 2.72. The lowest BCUT2D eigenvalue weighted by Crippen LogP contribution is -2.40. The van der Waals surface area contributed by atoms with Crippen molar-refractivity contribution in [2.45, 2.75) is 0 Å². The highest BCUT2D eigenvalue weighted by Gasteiger charge is 2.06.